The van der Waals surface area contributed by atoms with Gasteiger partial charge in [-0.15, -0.1) is 0 Å². The lowest BCUT2D eigenvalue weighted by atomic mass is 10.1. The van der Waals surface area contributed by atoms with Gasteiger partial charge in [0.25, 0.3) is 0 Å². The number of nitrogens with zero attached hydrogens (tertiary/aromatic N) is 2. The molecule has 11 heavy (non-hydrogen) atoms. The first-order valence-electron chi connectivity index (χ1n) is 3.39. The van der Waals surface area contributed by atoms with Gasteiger partial charge in [0.05, 0.1) is 0 Å². The molecule has 0 amide bonds. The van der Waals surface area contributed by atoms with E-state index in [1.54, 1.807) is 19.4 Å². The molecule has 3 heteroatoms. The Labute approximate surface area is 66.0 Å². The maximum Gasteiger partial charge on any atom is 0.125 e. The van der Waals surface area contributed by atoms with Crippen molar-refractivity contribution in [3.05, 3.63) is 29.6 Å². The molecule has 0 unspecified atom stereocenters. The molecule has 0 radical (unpaired) electrons. The highest BCUT2D eigenvalue weighted by Gasteiger charge is 1.99. The molecule has 0 atom stereocenters. The first-order valence-corrected chi connectivity index (χ1v) is 3.39. The summed E-state index contributed by atoms with van der Waals surface area (Å²) < 4.78 is 0. The van der Waals surface area contributed by atoms with Gasteiger partial charge in [-0.1, -0.05) is 0 Å². The number of amidine groups is 1. The minimum atomic E-state index is 0.560. The predicted molar refractivity (Wildman–Crippen MR) is 45.6 cm³/mol. The minimum absolute atomic E-state index is 0.560. The number of hydrogen-bond donors (Lipinski definition) is 1. The number of aryl methyl sites for hydroxylation is 1. The van der Waals surface area contributed by atoms with Crippen molar-refractivity contribution in [1.82, 2.24) is 4.98 Å². The first-order chi connectivity index (χ1) is 5.25. The number of nitrogens with two attached hydrogens (primary N) is 1. The molecule has 2 N–H and O–H groups in total. The van der Waals surface area contributed by atoms with E-state index in [1.807, 2.05) is 13.0 Å². The molecule has 3 nitrogen and oxygen atoms in total. The largest absolute Gasteiger partial charge is 0.384 e. The van der Waals surface area contributed by atoms with Crippen molar-refractivity contribution in [3.8, 4) is 0 Å². The van der Waals surface area contributed by atoms with Crippen LogP contribution in [-0.2, 0) is 0 Å². The van der Waals surface area contributed by atoms with E-state index in [-0.39, 0.29) is 0 Å². The molecule has 0 aromatic carbocycles. The Morgan fingerprint density at radius 3 is 2.91 bits per heavy atom. The van der Waals surface area contributed by atoms with E-state index < -0.39 is 0 Å². The van der Waals surface area contributed by atoms with E-state index in [9.17, 15) is 0 Å². The van der Waals surface area contributed by atoms with Crippen LogP contribution in [0.3, 0.4) is 0 Å². The van der Waals surface area contributed by atoms with Gasteiger partial charge in [-0.3, -0.25) is 9.98 Å². The molecule has 0 aliphatic carbocycles. The van der Waals surface area contributed by atoms with Gasteiger partial charge in [0, 0.05) is 25.0 Å². The fraction of sp³-hybridized carbons (Fsp3) is 0.250. The fourth-order valence-corrected chi connectivity index (χ4v) is 0.881. The van der Waals surface area contributed by atoms with Crippen LogP contribution in [0.5, 0.6) is 0 Å². The number of rotatable bonds is 1. The predicted octanol–water partition coefficient (Wildman–Crippen LogP) is 0.725. The lowest BCUT2D eigenvalue weighted by Crippen LogP contribution is -2.14. The Morgan fingerprint density at radius 1 is 1.64 bits per heavy atom. The summed E-state index contributed by atoms with van der Waals surface area (Å²) in [7, 11) is 1.68. The van der Waals surface area contributed by atoms with Crippen LogP contribution in [0.25, 0.3) is 0 Å². The van der Waals surface area contributed by atoms with Crippen LogP contribution in [0.15, 0.2) is 23.5 Å². The second-order valence-electron chi connectivity index (χ2n) is 2.30. The van der Waals surface area contributed by atoms with E-state index in [0.29, 0.717) is 5.84 Å². The van der Waals surface area contributed by atoms with E-state index in [1.165, 1.54) is 0 Å². The lowest BCUT2D eigenvalue weighted by Gasteiger charge is -2.01. The Hall–Kier alpha value is -1.38. The number of hydrogen-bond acceptors (Lipinski definition) is 2. The summed E-state index contributed by atoms with van der Waals surface area (Å²) in [6.07, 6.45) is 3.48. The molecule has 0 fully saturated rings. The van der Waals surface area contributed by atoms with Crippen molar-refractivity contribution in [2.45, 2.75) is 6.92 Å². The summed E-state index contributed by atoms with van der Waals surface area (Å²) >= 11 is 0. The van der Waals surface area contributed by atoms with E-state index >= 15 is 0 Å². The van der Waals surface area contributed by atoms with Crippen molar-refractivity contribution in [2.75, 3.05) is 7.05 Å². The molecule has 0 saturated heterocycles. The summed E-state index contributed by atoms with van der Waals surface area (Å²) in [6, 6.07) is 1.86. The highest BCUT2D eigenvalue weighted by molar-refractivity contribution is 5.98. The molecular weight excluding hydrogens is 138 g/mol. The third kappa shape index (κ3) is 1.55. The molecule has 0 aliphatic rings. The Bertz CT molecular complexity index is 278. The second kappa shape index (κ2) is 3.14. The van der Waals surface area contributed by atoms with Crippen molar-refractivity contribution >= 4 is 5.84 Å². The lowest BCUT2D eigenvalue weighted by molar-refractivity contribution is 1.24. The zero-order valence-corrected chi connectivity index (χ0v) is 6.70. The molecule has 0 aliphatic heterocycles. The van der Waals surface area contributed by atoms with Crippen molar-refractivity contribution in [3.63, 3.8) is 0 Å². The molecule has 1 aromatic heterocycles. The van der Waals surface area contributed by atoms with Gasteiger partial charge in [0.2, 0.25) is 0 Å². The van der Waals surface area contributed by atoms with Crippen LogP contribution in [0.2, 0.25) is 0 Å². The molecule has 58 valence electrons. The first kappa shape index (κ1) is 7.72. The van der Waals surface area contributed by atoms with Gasteiger partial charge in [0.1, 0.15) is 5.84 Å². The third-order valence-electron chi connectivity index (χ3n) is 1.54. The van der Waals surface area contributed by atoms with Crippen LogP contribution >= 0.6 is 0 Å². The van der Waals surface area contributed by atoms with Crippen LogP contribution in [0, 0.1) is 6.92 Å². The third-order valence-corrected chi connectivity index (χ3v) is 1.54. The Balaban J connectivity index is 3.14. The monoisotopic (exact) mass is 149 g/mol. The average Bonchev–Trinajstić information content (AvgIpc) is 2.04. The van der Waals surface area contributed by atoms with Crippen LogP contribution in [0.1, 0.15) is 11.1 Å². The van der Waals surface area contributed by atoms with Crippen molar-refractivity contribution in [2.24, 2.45) is 10.7 Å². The SMILES string of the molecule is CN=C(N)c1ccncc1C. The highest BCUT2D eigenvalue weighted by atomic mass is 14.8. The maximum atomic E-state index is 5.62. The normalized spacial score (nSPS) is 11.6. The molecule has 1 rings (SSSR count). The summed E-state index contributed by atoms with van der Waals surface area (Å²) in [5.41, 5.74) is 7.63. The topological polar surface area (TPSA) is 51.3 Å². The fourth-order valence-electron chi connectivity index (χ4n) is 0.881. The van der Waals surface area contributed by atoms with Gasteiger partial charge in [0.15, 0.2) is 0 Å². The summed E-state index contributed by atoms with van der Waals surface area (Å²) in [4.78, 5) is 7.84. The summed E-state index contributed by atoms with van der Waals surface area (Å²) in [5, 5.41) is 0. The van der Waals surface area contributed by atoms with Crippen LogP contribution in [0.4, 0.5) is 0 Å². The Kier molecular flexibility index (Phi) is 2.21. The quantitative estimate of drug-likeness (QED) is 0.472. The van der Waals surface area contributed by atoms with E-state index in [2.05, 4.69) is 9.98 Å². The van der Waals surface area contributed by atoms with Gasteiger partial charge in [-0.2, -0.15) is 0 Å². The minimum Gasteiger partial charge on any atom is -0.384 e. The van der Waals surface area contributed by atoms with Gasteiger partial charge >= 0.3 is 0 Å². The van der Waals surface area contributed by atoms with E-state index in [4.69, 9.17) is 5.73 Å². The zero-order valence-electron chi connectivity index (χ0n) is 6.70. The number of pyridine rings is 1. The van der Waals surface area contributed by atoms with Crippen molar-refractivity contribution < 1.29 is 0 Å². The zero-order chi connectivity index (χ0) is 8.27. The smallest absolute Gasteiger partial charge is 0.125 e. The summed E-state index contributed by atoms with van der Waals surface area (Å²) in [6.45, 7) is 1.96. The highest BCUT2D eigenvalue weighted by Crippen LogP contribution is 2.03. The van der Waals surface area contributed by atoms with Crippen LogP contribution < -0.4 is 5.73 Å². The Morgan fingerprint density at radius 2 is 2.36 bits per heavy atom. The molecule has 0 bridgehead atoms. The van der Waals surface area contributed by atoms with Gasteiger partial charge < -0.3 is 5.73 Å². The standard InChI is InChI=1S/C8H11N3/c1-6-5-11-4-3-7(6)8(9)10-2/h3-5H,1-2H3,(H2,9,10). The van der Waals surface area contributed by atoms with E-state index in [0.717, 1.165) is 11.1 Å². The second-order valence-corrected chi connectivity index (χ2v) is 2.30. The number of aliphatic imine (C=N–C) groups is 1. The molecule has 0 spiro atoms. The van der Waals surface area contributed by atoms with Crippen molar-refractivity contribution in [1.29, 1.82) is 0 Å². The molecular formula is C8H11N3. The maximum absolute atomic E-state index is 5.62. The summed E-state index contributed by atoms with van der Waals surface area (Å²) in [5.74, 6) is 0.560. The van der Waals surface area contributed by atoms with Gasteiger partial charge in [-0.05, 0) is 18.6 Å². The van der Waals surface area contributed by atoms with Crippen LogP contribution in [-0.4, -0.2) is 17.9 Å². The molecule has 1 aromatic rings. The molecule has 0 saturated carbocycles. The average molecular weight is 149 g/mol. The van der Waals surface area contributed by atoms with Gasteiger partial charge in [-0.25, -0.2) is 0 Å². The number of aromatic nitrogens is 1. The molecule has 1 heterocycles.